The van der Waals surface area contributed by atoms with Crippen LogP contribution in [0.1, 0.15) is 18.5 Å². The van der Waals surface area contributed by atoms with E-state index in [1.54, 1.807) is 12.1 Å². The van der Waals surface area contributed by atoms with Crippen molar-refractivity contribution in [2.45, 2.75) is 32.0 Å². The smallest absolute Gasteiger partial charge is 0.123 e. The van der Waals surface area contributed by atoms with Crippen molar-refractivity contribution in [3.8, 4) is 11.1 Å². The Hall–Kier alpha value is -1.36. The number of hydrogen-bond donors (Lipinski definition) is 0. The van der Waals surface area contributed by atoms with Crippen molar-refractivity contribution in [2.24, 2.45) is 0 Å². The van der Waals surface area contributed by atoms with Crippen molar-refractivity contribution in [3.63, 3.8) is 0 Å². The van der Waals surface area contributed by atoms with Crippen LogP contribution in [0.15, 0.2) is 30.3 Å². The second kappa shape index (κ2) is 6.27. The second-order valence-electron chi connectivity index (χ2n) is 6.32. The Morgan fingerprint density at radius 3 is 2.74 bits per heavy atom. The molecule has 3 nitrogen and oxygen atoms in total. The molecule has 1 aromatic carbocycles. The number of fused-ring (bicyclic) bond motifs is 1. The van der Waals surface area contributed by atoms with E-state index in [4.69, 9.17) is 16.3 Å². The van der Waals surface area contributed by atoms with Gasteiger partial charge in [-0.15, -0.1) is 0 Å². The molecule has 122 valence electrons. The normalized spacial score (nSPS) is 19.7. The Balaban J connectivity index is 1.61. The van der Waals surface area contributed by atoms with Crippen molar-refractivity contribution in [1.82, 2.24) is 9.47 Å². The van der Waals surface area contributed by atoms with Gasteiger partial charge in [-0.05, 0) is 36.6 Å². The predicted octanol–water partition coefficient (Wildman–Crippen LogP) is 3.94. The summed E-state index contributed by atoms with van der Waals surface area (Å²) >= 11 is 6.56. The summed E-state index contributed by atoms with van der Waals surface area (Å²) in [4.78, 5) is 2.53. The third kappa shape index (κ3) is 2.91. The molecule has 3 heterocycles. The number of halogens is 2. The van der Waals surface area contributed by atoms with E-state index in [0.717, 1.165) is 62.0 Å². The number of benzene rings is 1. The van der Waals surface area contributed by atoms with E-state index in [0.29, 0.717) is 6.04 Å². The van der Waals surface area contributed by atoms with E-state index in [2.05, 4.69) is 15.5 Å². The van der Waals surface area contributed by atoms with Crippen LogP contribution in [0.4, 0.5) is 4.39 Å². The minimum atomic E-state index is -0.230. The second-order valence-corrected chi connectivity index (χ2v) is 6.67. The van der Waals surface area contributed by atoms with E-state index in [1.165, 1.54) is 11.8 Å². The van der Waals surface area contributed by atoms with Gasteiger partial charge in [0.15, 0.2) is 0 Å². The molecule has 0 aliphatic carbocycles. The first-order valence-electron chi connectivity index (χ1n) is 8.18. The Labute approximate surface area is 140 Å². The third-order valence-corrected chi connectivity index (χ3v) is 5.34. The average molecular weight is 335 g/mol. The molecule has 2 aromatic rings. The molecule has 2 aliphatic rings. The fourth-order valence-corrected chi connectivity index (χ4v) is 4.04. The molecule has 5 heteroatoms. The predicted molar refractivity (Wildman–Crippen MR) is 89.1 cm³/mol. The number of ether oxygens (including phenoxy) is 1. The van der Waals surface area contributed by atoms with Crippen LogP contribution in [-0.4, -0.2) is 35.3 Å². The lowest BCUT2D eigenvalue weighted by atomic mass is 10.1. The van der Waals surface area contributed by atoms with Gasteiger partial charge >= 0.3 is 0 Å². The molecule has 23 heavy (non-hydrogen) atoms. The van der Waals surface area contributed by atoms with Gasteiger partial charge in [0, 0.05) is 50.1 Å². The molecule has 0 radical (unpaired) electrons. The molecule has 0 bridgehead atoms. The summed E-state index contributed by atoms with van der Waals surface area (Å²) in [5.41, 5.74) is 2.98. The maximum atomic E-state index is 13.5. The van der Waals surface area contributed by atoms with Gasteiger partial charge in [-0.2, -0.15) is 0 Å². The average Bonchev–Trinajstić information content (AvgIpc) is 2.92. The summed E-state index contributed by atoms with van der Waals surface area (Å²) < 4.78 is 21.1. The highest BCUT2D eigenvalue weighted by Gasteiger charge is 2.27. The topological polar surface area (TPSA) is 17.4 Å². The van der Waals surface area contributed by atoms with Crippen LogP contribution in [0.2, 0.25) is 5.15 Å². The summed E-state index contributed by atoms with van der Waals surface area (Å²) in [6.07, 6.45) is 2.20. The molecular weight excluding hydrogens is 315 g/mol. The van der Waals surface area contributed by atoms with Crippen LogP contribution in [0.5, 0.6) is 0 Å². The third-order valence-electron chi connectivity index (χ3n) is 4.94. The van der Waals surface area contributed by atoms with Crippen LogP contribution in [-0.2, 0) is 17.8 Å². The summed E-state index contributed by atoms with van der Waals surface area (Å²) in [5.74, 6) is -0.230. The zero-order chi connectivity index (χ0) is 15.8. The fraction of sp³-hybridized carbons (Fsp3) is 0.444. The molecule has 0 saturated carbocycles. The fourth-order valence-electron chi connectivity index (χ4n) is 3.68. The van der Waals surface area contributed by atoms with Gasteiger partial charge in [0.1, 0.15) is 11.0 Å². The SMILES string of the molecule is Fc1cccc(-c2cc3n(c2Cl)CCN(C2CCOCC2)C3)c1. The first-order chi connectivity index (χ1) is 11.2. The summed E-state index contributed by atoms with van der Waals surface area (Å²) in [7, 11) is 0. The largest absolute Gasteiger partial charge is 0.381 e. The standard InChI is InChI=1S/C18H20ClFN2O/c19-18-17(13-2-1-3-14(20)10-13)11-16-12-21(6-7-22(16)18)15-4-8-23-9-5-15/h1-3,10-11,15H,4-9,12H2. The molecule has 1 saturated heterocycles. The van der Waals surface area contributed by atoms with E-state index < -0.39 is 0 Å². The van der Waals surface area contributed by atoms with E-state index in [1.807, 2.05) is 6.07 Å². The molecule has 1 aromatic heterocycles. The van der Waals surface area contributed by atoms with E-state index >= 15 is 0 Å². The zero-order valence-corrected chi connectivity index (χ0v) is 13.7. The highest BCUT2D eigenvalue weighted by Crippen LogP contribution is 2.34. The van der Waals surface area contributed by atoms with Crippen LogP contribution >= 0.6 is 11.6 Å². The van der Waals surface area contributed by atoms with Crippen molar-refractivity contribution in [3.05, 3.63) is 47.0 Å². The maximum Gasteiger partial charge on any atom is 0.123 e. The zero-order valence-electron chi connectivity index (χ0n) is 13.0. The van der Waals surface area contributed by atoms with Crippen molar-refractivity contribution < 1.29 is 9.13 Å². The quantitative estimate of drug-likeness (QED) is 0.827. The summed E-state index contributed by atoms with van der Waals surface area (Å²) in [5, 5.41) is 0.720. The van der Waals surface area contributed by atoms with Gasteiger partial charge in [0.2, 0.25) is 0 Å². The minimum absolute atomic E-state index is 0.230. The molecule has 1 fully saturated rings. The van der Waals surface area contributed by atoms with Gasteiger partial charge in [-0.25, -0.2) is 4.39 Å². The van der Waals surface area contributed by atoms with Gasteiger partial charge in [0.05, 0.1) is 0 Å². The molecule has 0 unspecified atom stereocenters. The van der Waals surface area contributed by atoms with E-state index in [-0.39, 0.29) is 5.82 Å². The van der Waals surface area contributed by atoms with E-state index in [9.17, 15) is 4.39 Å². The van der Waals surface area contributed by atoms with Gasteiger partial charge in [-0.3, -0.25) is 4.90 Å². The molecule has 4 rings (SSSR count). The first-order valence-corrected chi connectivity index (χ1v) is 8.56. The highest BCUT2D eigenvalue weighted by molar-refractivity contribution is 6.32. The monoisotopic (exact) mass is 334 g/mol. The molecule has 0 amide bonds. The molecular formula is C18H20ClFN2O. The van der Waals surface area contributed by atoms with Gasteiger partial charge in [-0.1, -0.05) is 23.7 Å². The maximum absolute atomic E-state index is 13.5. The van der Waals surface area contributed by atoms with Crippen LogP contribution < -0.4 is 0 Å². The lowest BCUT2D eigenvalue weighted by Crippen LogP contribution is -2.43. The minimum Gasteiger partial charge on any atom is -0.381 e. The lowest BCUT2D eigenvalue weighted by Gasteiger charge is -2.37. The van der Waals surface area contributed by atoms with Crippen LogP contribution in [0, 0.1) is 5.82 Å². The lowest BCUT2D eigenvalue weighted by molar-refractivity contribution is 0.0243. The van der Waals surface area contributed by atoms with Crippen LogP contribution in [0.25, 0.3) is 11.1 Å². The van der Waals surface area contributed by atoms with Gasteiger partial charge in [0.25, 0.3) is 0 Å². The number of hydrogen-bond acceptors (Lipinski definition) is 2. The number of aromatic nitrogens is 1. The Morgan fingerprint density at radius 2 is 1.96 bits per heavy atom. The van der Waals surface area contributed by atoms with Gasteiger partial charge < -0.3 is 9.30 Å². The van der Waals surface area contributed by atoms with Crippen LogP contribution in [0.3, 0.4) is 0 Å². The van der Waals surface area contributed by atoms with Crippen molar-refractivity contribution in [2.75, 3.05) is 19.8 Å². The molecule has 0 atom stereocenters. The molecule has 0 N–H and O–H groups in total. The molecule has 2 aliphatic heterocycles. The Bertz CT molecular complexity index is 709. The van der Waals surface area contributed by atoms with Crippen molar-refractivity contribution >= 4 is 11.6 Å². The Morgan fingerprint density at radius 1 is 1.13 bits per heavy atom. The Kier molecular flexibility index (Phi) is 4.14. The molecule has 0 spiro atoms. The number of rotatable bonds is 2. The first kappa shape index (κ1) is 15.2. The number of nitrogens with zero attached hydrogens (tertiary/aromatic N) is 2. The van der Waals surface area contributed by atoms with Crippen molar-refractivity contribution in [1.29, 1.82) is 0 Å². The summed E-state index contributed by atoms with van der Waals surface area (Å²) in [6.45, 7) is 4.52. The highest BCUT2D eigenvalue weighted by atomic mass is 35.5. The summed E-state index contributed by atoms with van der Waals surface area (Å²) in [6, 6.07) is 9.36.